The van der Waals surface area contributed by atoms with Gasteiger partial charge in [0.2, 0.25) is 5.91 Å². The number of carbonyl (C=O) groups is 2. The van der Waals surface area contributed by atoms with Crippen LogP contribution in [0.15, 0.2) is 24.5 Å². The van der Waals surface area contributed by atoms with E-state index in [0.717, 1.165) is 16.0 Å². The standard InChI is InChI=1S/C20H21N3O3S/c1-12(14-4-3-7-22-11-14)8-19(25)23-20-17(10-21)16-6-5-15(26-13(2)24)9-18(16)27-20/h3-4,7,11-12,15H,5-6,8-9H2,1-2H3,(H,23,25). The number of thiophene rings is 1. The van der Waals surface area contributed by atoms with E-state index in [4.69, 9.17) is 4.74 Å². The first-order chi connectivity index (χ1) is 13.0. The van der Waals surface area contributed by atoms with Gasteiger partial charge in [-0.25, -0.2) is 0 Å². The number of amides is 1. The molecule has 0 fully saturated rings. The van der Waals surface area contributed by atoms with E-state index >= 15 is 0 Å². The molecule has 3 rings (SSSR count). The van der Waals surface area contributed by atoms with E-state index in [-0.39, 0.29) is 23.9 Å². The van der Waals surface area contributed by atoms with Gasteiger partial charge in [-0.15, -0.1) is 11.3 Å². The molecule has 7 heteroatoms. The minimum absolute atomic E-state index is 0.0344. The predicted octanol–water partition coefficient (Wildman–Crippen LogP) is 3.57. The summed E-state index contributed by atoms with van der Waals surface area (Å²) >= 11 is 1.41. The maximum absolute atomic E-state index is 12.5. The van der Waals surface area contributed by atoms with Crippen molar-refractivity contribution in [3.63, 3.8) is 0 Å². The molecule has 2 heterocycles. The maximum Gasteiger partial charge on any atom is 0.302 e. The molecule has 0 spiro atoms. The van der Waals surface area contributed by atoms with Crippen molar-refractivity contribution in [1.82, 2.24) is 4.98 Å². The van der Waals surface area contributed by atoms with Crippen LogP contribution in [0, 0.1) is 11.3 Å². The molecule has 2 aromatic heterocycles. The van der Waals surface area contributed by atoms with Gasteiger partial charge < -0.3 is 10.1 Å². The Balaban J connectivity index is 1.70. The van der Waals surface area contributed by atoms with Gasteiger partial charge in [0, 0.05) is 37.0 Å². The van der Waals surface area contributed by atoms with Crippen LogP contribution in [0.25, 0.3) is 0 Å². The lowest BCUT2D eigenvalue weighted by Crippen LogP contribution is -2.23. The highest BCUT2D eigenvalue weighted by Gasteiger charge is 2.28. The summed E-state index contributed by atoms with van der Waals surface area (Å²) in [4.78, 5) is 28.8. The molecule has 0 saturated heterocycles. The van der Waals surface area contributed by atoms with Crippen LogP contribution in [0.3, 0.4) is 0 Å². The van der Waals surface area contributed by atoms with Crippen molar-refractivity contribution in [3.05, 3.63) is 46.1 Å². The van der Waals surface area contributed by atoms with Crippen molar-refractivity contribution in [1.29, 1.82) is 5.26 Å². The molecule has 0 bridgehead atoms. The van der Waals surface area contributed by atoms with Gasteiger partial charge in [0.1, 0.15) is 17.2 Å². The molecule has 1 amide bonds. The fraction of sp³-hybridized carbons (Fsp3) is 0.400. The molecular formula is C20H21N3O3S. The summed E-state index contributed by atoms with van der Waals surface area (Å²) in [5, 5.41) is 13.1. The van der Waals surface area contributed by atoms with Crippen LogP contribution in [0.4, 0.5) is 5.00 Å². The first-order valence-corrected chi connectivity index (χ1v) is 9.71. The van der Waals surface area contributed by atoms with Crippen molar-refractivity contribution in [2.24, 2.45) is 0 Å². The van der Waals surface area contributed by atoms with Gasteiger partial charge >= 0.3 is 5.97 Å². The predicted molar refractivity (Wildman–Crippen MR) is 103 cm³/mol. The molecule has 27 heavy (non-hydrogen) atoms. The Morgan fingerprint density at radius 3 is 3.00 bits per heavy atom. The molecule has 1 aliphatic rings. The number of carbonyl (C=O) groups excluding carboxylic acids is 2. The number of hydrogen-bond acceptors (Lipinski definition) is 6. The number of nitriles is 1. The number of pyridine rings is 1. The molecule has 2 unspecified atom stereocenters. The summed E-state index contributed by atoms with van der Waals surface area (Å²) in [6.07, 6.45) is 5.59. The van der Waals surface area contributed by atoms with Gasteiger partial charge in [-0.2, -0.15) is 5.26 Å². The van der Waals surface area contributed by atoms with Gasteiger partial charge in [0.15, 0.2) is 0 Å². The smallest absolute Gasteiger partial charge is 0.302 e. The summed E-state index contributed by atoms with van der Waals surface area (Å²) in [5.41, 5.74) is 2.52. The molecule has 140 valence electrons. The lowest BCUT2D eigenvalue weighted by Gasteiger charge is -2.21. The van der Waals surface area contributed by atoms with Crippen LogP contribution < -0.4 is 5.32 Å². The largest absolute Gasteiger partial charge is 0.462 e. The molecule has 6 nitrogen and oxygen atoms in total. The molecule has 1 aliphatic carbocycles. The van der Waals surface area contributed by atoms with Crippen LogP contribution in [0.5, 0.6) is 0 Å². The van der Waals surface area contributed by atoms with Gasteiger partial charge in [-0.05, 0) is 36.0 Å². The Hall–Kier alpha value is -2.72. The minimum Gasteiger partial charge on any atom is -0.462 e. The van der Waals surface area contributed by atoms with Crippen molar-refractivity contribution < 1.29 is 14.3 Å². The fourth-order valence-corrected chi connectivity index (χ4v) is 4.62. The molecule has 2 atom stereocenters. The lowest BCUT2D eigenvalue weighted by atomic mass is 9.93. The summed E-state index contributed by atoms with van der Waals surface area (Å²) < 4.78 is 5.31. The number of esters is 1. The number of rotatable bonds is 5. The van der Waals surface area contributed by atoms with E-state index in [1.807, 2.05) is 19.1 Å². The summed E-state index contributed by atoms with van der Waals surface area (Å²) in [5.74, 6) is -0.386. The second-order valence-electron chi connectivity index (χ2n) is 6.73. The van der Waals surface area contributed by atoms with Gasteiger partial charge in [0.25, 0.3) is 0 Å². The Kier molecular flexibility index (Phi) is 5.87. The van der Waals surface area contributed by atoms with Crippen LogP contribution >= 0.6 is 11.3 Å². The van der Waals surface area contributed by atoms with Crippen molar-refractivity contribution in [3.8, 4) is 6.07 Å². The Bertz CT molecular complexity index is 886. The molecule has 2 aromatic rings. The molecular weight excluding hydrogens is 362 g/mol. The van der Waals surface area contributed by atoms with Gasteiger partial charge in [-0.1, -0.05) is 13.0 Å². The van der Waals surface area contributed by atoms with Crippen LogP contribution in [0.2, 0.25) is 0 Å². The van der Waals surface area contributed by atoms with E-state index in [9.17, 15) is 14.9 Å². The van der Waals surface area contributed by atoms with Gasteiger partial charge in [-0.3, -0.25) is 14.6 Å². The molecule has 0 radical (unpaired) electrons. The van der Waals surface area contributed by atoms with E-state index in [2.05, 4.69) is 16.4 Å². The van der Waals surface area contributed by atoms with Gasteiger partial charge in [0.05, 0.1) is 5.56 Å². The molecule has 0 aromatic carbocycles. The van der Waals surface area contributed by atoms with E-state index in [0.29, 0.717) is 36.2 Å². The first kappa shape index (κ1) is 19.1. The van der Waals surface area contributed by atoms with E-state index in [1.54, 1.807) is 12.4 Å². The number of fused-ring (bicyclic) bond motifs is 1. The number of nitrogens with zero attached hydrogens (tertiary/aromatic N) is 2. The summed E-state index contributed by atoms with van der Waals surface area (Å²) in [7, 11) is 0. The first-order valence-electron chi connectivity index (χ1n) is 8.89. The van der Waals surface area contributed by atoms with Crippen LogP contribution in [-0.4, -0.2) is 23.0 Å². The third-order valence-electron chi connectivity index (χ3n) is 4.66. The Morgan fingerprint density at radius 1 is 1.52 bits per heavy atom. The normalized spacial score (nSPS) is 16.7. The maximum atomic E-state index is 12.5. The average molecular weight is 383 g/mol. The zero-order valence-corrected chi connectivity index (χ0v) is 16.1. The number of hydrogen-bond donors (Lipinski definition) is 1. The van der Waals surface area contributed by atoms with Crippen LogP contribution in [-0.2, 0) is 27.2 Å². The van der Waals surface area contributed by atoms with Crippen molar-refractivity contribution in [2.45, 2.75) is 51.6 Å². The third-order valence-corrected chi connectivity index (χ3v) is 5.83. The second kappa shape index (κ2) is 8.31. The summed E-state index contributed by atoms with van der Waals surface area (Å²) in [6, 6.07) is 6.03. The van der Waals surface area contributed by atoms with Crippen LogP contribution in [0.1, 0.15) is 54.2 Å². The highest BCUT2D eigenvalue weighted by molar-refractivity contribution is 7.16. The Morgan fingerprint density at radius 2 is 2.33 bits per heavy atom. The van der Waals surface area contributed by atoms with Crippen molar-refractivity contribution in [2.75, 3.05) is 5.32 Å². The van der Waals surface area contributed by atoms with Crippen molar-refractivity contribution >= 4 is 28.2 Å². The number of ether oxygens (including phenoxy) is 1. The number of anilines is 1. The lowest BCUT2D eigenvalue weighted by molar-refractivity contribution is -0.146. The average Bonchev–Trinajstić information content (AvgIpc) is 2.97. The zero-order chi connectivity index (χ0) is 19.4. The Labute approximate surface area is 162 Å². The molecule has 1 N–H and O–H groups in total. The highest BCUT2D eigenvalue weighted by Crippen LogP contribution is 2.38. The van der Waals surface area contributed by atoms with E-state index in [1.165, 1.54) is 18.3 Å². The zero-order valence-electron chi connectivity index (χ0n) is 15.3. The quantitative estimate of drug-likeness (QED) is 0.797. The van der Waals surface area contributed by atoms with E-state index < -0.39 is 0 Å². The summed E-state index contributed by atoms with van der Waals surface area (Å²) in [6.45, 7) is 3.38. The number of aromatic nitrogens is 1. The topological polar surface area (TPSA) is 92.1 Å². The molecule has 0 saturated carbocycles. The molecule has 0 aliphatic heterocycles. The minimum atomic E-state index is -0.293. The third kappa shape index (κ3) is 4.52. The number of nitrogens with one attached hydrogen (secondary N) is 1. The highest BCUT2D eigenvalue weighted by atomic mass is 32.1. The fourth-order valence-electron chi connectivity index (χ4n) is 3.34. The SMILES string of the molecule is CC(=O)OC1CCc2c(sc(NC(=O)CC(C)c3cccnc3)c2C#N)C1. The second-order valence-corrected chi connectivity index (χ2v) is 7.84. The monoisotopic (exact) mass is 383 g/mol.